The molecular formula is C22H22FN3. The van der Waals surface area contributed by atoms with E-state index in [1.54, 1.807) is 12.1 Å². The minimum atomic E-state index is -0.164. The highest BCUT2D eigenvalue weighted by Crippen LogP contribution is 2.35. The molecule has 132 valence electrons. The van der Waals surface area contributed by atoms with Crippen molar-refractivity contribution < 1.29 is 4.39 Å². The first-order chi connectivity index (χ1) is 12.8. The van der Waals surface area contributed by atoms with E-state index in [4.69, 9.17) is 4.98 Å². The Morgan fingerprint density at radius 2 is 1.69 bits per heavy atom. The monoisotopic (exact) mass is 347 g/mol. The van der Waals surface area contributed by atoms with Crippen molar-refractivity contribution in [3.63, 3.8) is 0 Å². The molecule has 0 spiro atoms. The van der Waals surface area contributed by atoms with Gasteiger partial charge in [0.2, 0.25) is 0 Å². The minimum absolute atomic E-state index is 0.164. The van der Waals surface area contributed by atoms with Crippen molar-refractivity contribution in [2.24, 2.45) is 11.8 Å². The van der Waals surface area contributed by atoms with E-state index in [0.29, 0.717) is 11.8 Å². The van der Waals surface area contributed by atoms with Gasteiger partial charge in [0, 0.05) is 32.6 Å². The molecule has 1 fully saturated rings. The number of rotatable bonds is 3. The SMILES string of the molecule is Fc1ccc(CN2C[C@@H]3Cc4ncc(-c5ccccc5)n4C[C@@H]3C2)cc1. The Kier molecular flexibility index (Phi) is 3.86. The number of hydrogen-bond donors (Lipinski definition) is 0. The standard InChI is InChI=1S/C22H22FN3/c23-20-8-6-16(7-9-20)12-25-13-18-10-22-24-11-21(17-4-2-1-3-5-17)26(22)15-19(18)14-25/h1-9,11,18-19H,10,12-15H2/t18-,19-/m0/s1. The van der Waals surface area contributed by atoms with Gasteiger partial charge in [-0.2, -0.15) is 0 Å². The zero-order valence-electron chi connectivity index (χ0n) is 14.7. The summed E-state index contributed by atoms with van der Waals surface area (Å²) in [5, 5.41) is 0. The van der Waals surface area contributed by atoms with Gasteiger partial charge in [-0.15, -0.1) is 0 Å². The van der Waals surface area contributed by atoms with Crippen LogP contribution in [-0.2, 0) is 19.5 Å². The Labute approximate surface area is 153 Å². The number of imidazole rings is 1. The lowest BCUT2D eigenvalue weighted by molar-refractivity contribution is 0.307. The molecule has 0 unspecified atom stereocenters. The summed E-state index contributed by atoms with van der Waals surface area (Å²) >= 11 is 0. The van der Waals surface area contributed by atoms with E-state index in [0.717, 1.165) is 32.6 Å². The second kappa shape index (κ2) is 6.36. The van der Waals surface area contributed by atoms with Crippen LogP contribution in [0.15, 0.2) is 60.8 Å². The van der Waals surface area contributed by atoms with Crippen LogP contribution in [0.5, 0.6) is 0 Å². The first kappa shape index (κ1) is 15.8. The van der Waals surface area contributed by atoms with Gasteiger partial charge in [-0.05, 0) is 35.1 Å². The normalized spacial score (nSPS) is 22.2. The maximum atomic E-state index is 13.1. The Morgan fingerprint density at radius 3 is 2.50 bits per heavy atom. The van der Waals surface area contributed by atoms with E-state index in [1.807, 2.05) is 18.3 Å². The molecule has 2 aliphatic heterocycles. The number of aromatic nitrogens is 2. The lowest BCUT2D eigenvalue weighted by Gasteiger charge is -2.27. The third-order valence-corrected chi connectivity index (χ3v) is 5.84. The van der Waals surface area contributed by atoms with Gasteiger partial charge in [0.15, 0.2) is 0 Å². The molecular weight excluding hydrogens is 325 g/mol. The molecule has 0 radical (unpaired) electrons. The molecule has 0 bridgehead atoms. The largest absolute Gasteiger partial charge is 0.328 e. The summed E-state index contributed by atoms with van der Waals surface area (Å²) in [5.41, 5.74) is 3.66. The average Bonchev–Trinajstić information content (AvgIpc) is 3.25. The fourth-order valence-electron chi connectivity index (χ4n) is 4.54. The first-order valence-corrected chi connectivity index (χ1v) is 9.33. The lowest BCUT2D eigenvalue weighted by atomic mass is 9.89. The highest BCUT2D eigenvalue weighted by molar-refractivity contribution is 5.59. The Balaban J connectivity index is 1.33. The predicted octanol–water partition coefficient (Wildman–Crippen LogP) is 3.99. The number of fused-ring (bicyclic) bond motifs is 2. The van der Waals surface area contributed by atoms with Crippen LogP contribution in [-0.4, -0.2) is 27.5 Å². The van der Waals surface area contributed by atoms with Gasteiger partial charge >= 0.3 is 0 Å². The molecule has 2 aromatic carbocycles. The van der Waals surface area contributed by atoms with E-state index in [2.05, 4.69) is 39.8 Å². The highest BCUT2D eigenvalue weighted by atomic mass is 19.1. The second-order valence-electron chi connectivity index (χ2n) is 7.58. The predicted molar refractivity (Wildman–Crippen MR) is 100 cm³/mol. The summed E-state index contributed by atoms with van der Waals surface area (Å²) in [6.45, 7) is 4.16. The van der Waals surface area contributed by atoms with Crippen LogP contribution in [0.1, 0.15) is 11.4 Å². The molecule has 0 amide bonds. The van der Waals surface area contributed by atoms with Crippen LogP contribution in [0, 0.1) is 17.7 Å². The van der Waals surface area contributed by atoms with Gasteiger partial charge in [-0.3, -0.25) is 4.90 Å². The number of benzene rings is 2. The van der Waals surface area contributed by atoms with E-state index < -0.39 is 0 Å². The molecule has 0 aliphatic carbocycles. The van der Waals surface area contributed by atoms with Crippen molar-refractivity contribution >= 4 is 0 Å². The summed E-state index contributed by atoms with van der Waals surface area (Å²) in [5.74, 6) is 2.39. The van der Waals surface area contributed by atoms with Crippen LogP contribution in [0.25, 0.3) is 11.3 Å². The highest BCUT2D eigenvalue weighted by Gasteiger charge is 2.37. The first-order valence-electron chi connectivity index (χ1n) is 9.33. The van der Waals surface area contributed by atoms with E-state index >= 15 is 0 Å². The van der Waals surface area contributed by atoms with Crippen molar-refractivity contribution in [1.82, 2.24) is 14.5 Å². The summed E-state index contributed by atoms with van der Waals surface area (Å²) in [7, 11) is 0. The molecule has 2 atom stereocenters. The fraction of sp³-hybridized carbons (Fsp3) is 0.318. The third-order valence-electron chi connectivity index (χ3n) is 5.84. The Hall–Kier alpha value is -2.46. The Bertz CT molecular complexity index is 901. The van der Waals surface area contributed by atoms with E-state index in [-0.39, 0.29) is 5.82 Å². The van der Waals surface area contributed by atoms with Crippen LogP contribution in [0.3, 0.4) is 0 Å². The van der Waals surface area contributed by atoms with Gasteiger partial charge in [0.1, 0.15) is 11.6 Å². The van der Waals surface area contributed by atoms with Crippen molar-refractivity contribution in [3.8, 4) is 11.3 Å². The average molecular weight is 347 g/mol. The maximum Gasteiger partial charge on any atom is 0.123 e. The van der Waals surface area contributed by atoms with Crippen molar-refractivity contribution in [2.75, 3.05) is 13.1 Å². The molecule has 4 heteroatoms. The molecule has 2 aliphatic rings. The third kappa shape index (κ3) is 2.84. The lowest BCUT2D eigenvalue weighted by Crippen LogP contribution is -2.28. The molecule has 3 aromatic rings. The van der Waals surface area contributed by atoms with Crippen LogP contribution < -0.4 is 0 Å². The Morgan fingerprint density at radius 1 is 0.923 bits per heavy atom. The number of halogens is 1. The molecule has 0 N–H and O–H groups in total. The number of nitrogens with zero attached hydrogens (tertiary/aromatic N) is 3. The van der Waals surface area contributed by atoms with Crippen LogP contribution in [0.4, 0.5) is 4.39 Å². The quantitative estimate of drug-likeness (QED) is 0.714. The summed E-state index contributed by atoms with van der Waals surface area (Å²) in [6.07, 6.45) is 3.08. The summed E-state index contributed by atoms with van der Waals surface area (Å²) < 4.78 is 15.5. The zero-order valence-corrected chi connectivity index (χ0v) is 14.7. The molecule has 1 saturated heterocycles. The fourth-order valence-corrected chi connectivity index (χ4v) is 4.54. The summed E-state index contributed by atoms with van der Waals surface area (Å²) in [4.78, 5) is 7.23. The molecule has 26 heavy (non-hydrogen) atoms. The maximum absolute atomic E-state index is 13.1. The van der Waals surface area contributed by atoms with E-state index in [9.17, 15) is 4.39 Å². The van der Waals surface area contributed by atoms with Crippen molar-refractivity contribution in [3.05, 3.63) is 78.0 Å². The van der Waals surface area contributed by atoms with Gasteiger partial charge in [0.25, 0.3) is 0 Å². The minimum Gasteiger partial charge on any atom is -0.328 e. The van der Waals surface area contributed by atoms with Gasteiger partial charge in [-0.25, -0.2) is 9.37 Å². The zero-order chi connectivity index (χ0) is 17.5. The number of hydrogen-bond acceptors (Lipinski definition) is 2. The topological polar surface area (TPSA) is 21.1 Å². The van der Waals surface area contributed by atoms with Crippen molar-refractivity contribution in [2.45, 2.75) is 19.5 Å². The van der Waals surface area contributed by atoms with Gasteiger partial charge < -0.3 is 4.57 Å². The van der Waals surface area contributed by atoms with Crippen molar-refractivity contribution in [1.29, 1.82) is 0 Å². The van der Waals surface area contributed by atoms with Crippen LogP contribution >= 0.6 is 0 Å². The molecule has 1 aromatic heterocycles. The summed E-state index contributed by atoms with van der Waals surface area (Å²) in [6, 6.07) is 17.4. The smallest absolute Gasteiger partial charge is 0.123 e. The van der Waals surface area contributed by atoms with E-state index in [1.165, 1.54) is 22.6 Å². The van der Waals surface area contributed by atoms with Crippen LogP contribution in [0.2, 0.25) is 0 Å². The molecule has 3 heterocycles. The second-order valence-corrected chi connectivity index (χ2v) is 7.58. The van der Waals surface area contributed by atoms with Gasteiger partial charge in [0.05, 0.1) is 11.9 Å². The molecule has 5 rings (SSSR count). The number of likely N-dealkylation sites (tertiary alicyclic amines) is 1. The molecule has 3 nitrogen and oxygen atoms in total. The molecule has 0 saturated carbocycles. The van der Waals surface area contributed by atoms with Gasteiger partial charge in [-0.1, -0.05) is 42.5 Å².